The van der Waals surface area contributed by atoms with E-state index in [-0.39, 0.29) is 6.61 Å². The number of fused-ring (bicyclic) bond motifs is 1. The number of anilines is 1. The molecule has 6 nitrogen and oxygen atoms in total. The fraction of sp³-hybridized carbons (Fsp3) is 0.300. The van der Waals surface area contributed by atoms with E-state index in [0.717, 1.165) is 5.56 Å². The molecule has 0 saturated heterocycles. The van der Waals surface area contributed by atoms with Crippen LogP contribution < -0.4 is 14.8 Å². The second-order valence-corrected chi connectivity index (χ2v) is 6.70. The SMILES string of the molecule is COc1ccc(NC(=O)[C@H](C)OC(=O)[C@H]2COc3ccc(Cl)cc3C2)cc1. The summed E-state index contributed by atoms with van der Waals surface area (Å²) in [6.07, 6.45) is -0.470. The third kappa shape index (κ3) is 4.71. The lowest BCUT2D eigenvalue weighted by Crippen LogP contribution is -2.36. The Morgan fingerprint density at radius 1 is 1.22 bits per heavy atom. The molecule has 1 aliphatic heterocycles. The summed E-state index contributed by atoms with van der Waals surface area (Å²) in [6.45, 7) is 1.74. The smallest absolute Gasteiger partial charge is 0.313 e. The lowest BCUT2D eigenvalue weighted by atomic mass is 9.97. The molecule has 0 radical (unpaired) electrons. The maximum absolute atomic E-state index is 12.4. The lowest BCUT2D eigenvalue weighted by Gasteiger charge is -2.25. The van der Waals surface area contributed by atoms with Crippen LogP contribution in [-0.2, 0) is 20.7 Å². The van der Waals surface area contributed by atoms with Crippen LogP contribution in [-0.4, -0.2) is 31.7 Å². The van der Waals surface area contributed by atoms with Crippen molar-refractivity contribution in [3.05, 3.63) is 53.1 Å². The fourth-order valence-electron chi connectivity index (χ4n) is 2.76. The topological polar surface area (TPSA) is 73.9 Å². The molecular weight excluding hydrogens is 370 g/mol. The Morgan fingerprint density at radius 3 is 2.67 bits per heavy atom. The van der Waals surface area contributed by atoms with Crippen LogP contribution in [0.4, 0.5) is 5.69 Å². The molecule has 0 fully saturated rings. The van der Waals surface area contributed by atoms with Crippen LogP contribution in [0.5, 0.6) is 11.5 Å². The largest absolute Gasteiger partial charge is 0.497 e. The third-order valence-electron chi connectivity index (χ3n) is 4.28. The molecule has 2 aromatic carbocycles. The van der Waals surface area contributed by atoms with Gasteiger partial charge in [0.2, 0.25) is 0 Å². The first-order valence-electron chi connectivity index (χ1n) is 8.53. The number of halogens is 1. The Morgan fingerprint density at radius 2 is 1.96 bits per heavy atom. The van der Waals surface area contributed by atoms with Gasteiger partial charge in [0.25, 0.3) is 5.91 Å². The van der Waals surface area contributed by atoms with Crippen LogP contribution in [0.3, 0.4) is 0 Å². The molecule has 3 rings (SSSR count). The van der Waals surface area contributed by atoms with Crippen LogP contribution in [0.15, 0.2) is 42.5 Å². The Hall–Kier alpha value is -2.73. The second-order valence-electron chi connectivity index (χ2n) is 6.26. The van der Waals surface area contributed by atoms with Crippen molar-refractivity contribution >= 4 is 29.2 Å². The van der Waals surface area contributed by atoms with Gasteiger partial charge in [0.15, 0.2) is 6.10 Å². The third-order valence-corrected chi connectivity index (χ3v) is 4.52. The van der Waals surface area contributed by atoms with E-state index in [4.69, 9.17) is 25.8 Å². The fourth-order valence-corrected chi connectivity index (χ4v) is 2.95. The van der Waals surface area contributed by atoms with Gasteiger partial charge in [-0.25, -0.2) is 0 Å². The molecule has 0 aromatic heterocycles. The molecular formula is C20H20ClNO5. The summed E-state index contributed by atoms with van der Waals surface area (Å²) in [4.78, 5) is 24.7. The van der Waals surface area contributed by atoms with Gasteiger partial charge in [-0.2, -0.15) is 0 Å². The number of rotatable bonds is 5. The number of methoxy groups -OCH3 is 1. The first-order valence-corrected chi connectivity index (χ1v) is 8.90. The number of nitrogens with one attached hydrogen (secondary N) is 1. The predicted molar refractivity (Wildman–Crippen MR) is 101 cm³/mol. The quantitative estimate of drug-likeness (QED) is 0.792. The normalized spacial score (nSPS) is 16.5. The maximum Gasteiger partial charge on any atom is 0.313 e. The van der Waals surface area contributed by atoms with E-state index in [0.29, 0.717) is 28.6 Å². The minimum absolute atomic E-state index is 0.209. The minimum atomic E-state index is -0.930. The van der Waals surface area contributed by atoms with E-state index in [1.807, 2.05) is 0 Å². The van der Waals surface area contributed by atoms with E-state index >= 15 is 0 Å². The number of carbonyl (C=O) groups is 2. The number of amides is 1. The van der Waals surface area contributed by atoms with Gasteiger partial charge in [0.05, 0.1) is 13.0 Å². The maximum atomic E-state index is 12.4. The van der Waals surface area contributed by atoms with Crippen LogP contribution in [0.1, 0.15) is 12.5 Å². The van der Waals surface area contributed by atoms with Gasteiger partial charge in [-0.1, -0.05) is 11.6 Å². The highest BCUT2D eigenvalue weighted by Gasteiger charge is 2.30. The van der Waals surface area contributed by atoms with Crippen molar-refractivity contribution in [1.82, 2.24) is 0 Å². The van der Waals surface area contributed by atoms with Gasteiger partial charge in [0.1, 0.15) is 18.1 Å². The van der Waals surface area contributed by atoms with Crippen molar-refractivity contribution in [2.24, 2.45) is 5.92 Å². The van der Waals surface area contributed by atoms with Crippen molar-refractivity contribution in [2.75, 3.05) is 19.0 Å². The summed E-state index contributed by atoms with van der Waals surface area (Å²) in [6, 6.07) is 12.2. The summed E-state index contributed by atoms with van der Waals surface area (Å²) >= 11 is 5.99. The van der Waals surface area contributed by atoms with Crippen molar-refractivity contribution in [2.45, 2.75) is 19.4 Å². The number of carbonyl (C=O) groups excluding carboxylic acids is 2. The second kappa shape index (κ2) is 8.31. The Balaban J connectivity index is 1.56. The molecule has 2 atom stereocenters. The first-order chi connectivity index (χ1) is 13.0. The van der Waals surface area contributed by atoms with E-state index in [1.54, 1.807) is 49.6 Å². The highest BCUT2D eigenvalue weighted by molar-refractivity contribution is 6.30. The highest BCUT2D eigenvalue weighted by atomic mass is 35.5. The molecule has 0 saturated carbocycles. The van der Waals surface area contributed by atoms with Crippen molar-refractivity contribution in [1.29, 1.82) is 0 Å². The van der Waals surface area contributed by atoms with Gasteiger partial charge < -0.3 is 19.5 Å². The van der Waals surface area contributed by atoms with E-state index in [2.05, 4.69) is 5.32 Å². The van der Waals surface area contributed by atoms with Crippen LogP contribution in [0, 0.1) is 5.92 Å². The van der Waals surface area contributed by atoms with Crippen molar-refractivity contribution in [3.8, 4) is 11.5 Å². The lowest BCUT2D eigenvalue weighted by molar-refractivity contribution is -0.158. The molecule has 1 heterocycles. The van der Waals surface area contributed by atoms with Gasteiger partial charge >= 0.3 is 5.97 Å². The zero-order valence-electron chi connectivity index (χ0n) is 15.0. The number of esters is 1. The van der Waals surface area contributed by atoms with Crippen molar-refractivity contribution < 1.29 is 23.8 Å². The molecule has 0 unspecified atom stereocenters. The number of ether oxygens (including phenoxy) is 3. The number of benzene rings is 2. The summed E-state index contributed by atoms with van der Waals surface area (Å²) in [5.74, 6) is 0.0396. The molecule has 0 bridgehead atoms. The molecule has 0 spiro atoms. The van der Waals surface area contributed by atoms with Gasteiger partial charge in [-0.05, 0) is 61.4 Å². The summed E-state index contributed by atoms with van der Waals surface area (Å²) in [5, 5.41) is 3.29. The Kier molecular flexibility index (Phi) is 5.86. The van der Waals surface area contributed by atoms with Crippen LogP contribution in [0.2, 0.25) is 5.02 Å². The van der Waals surface area contributed by atoms with Gasteiger partial charge in [-0.15, -0.1) is 0 Å². The standard InChI is InChI=1S/C20H20ClNO5/c1-12(19(23)22-16-4-6-17(25-2)7-5-16)27-20(24)14-9-13-10-15(21)3-8-18(13)26-11-14/h3-8,10,12,14H,9,11H2,1-2H3,(H,22,23)/t12-,14+/m0/s1. The molecule has 1 aliphatic rings. The zero-order chi connectivity index (χ0) is 19.4. The van der Waals surface area contributed by atoms with Gasteiger partial charge in [-0.3, -0.25) is 9.59 Å². The predicted octanol–water partition coefficient (Wildman–Crippen LogP) is 3.47. The van der Waals surface area contributed by atoms with Crippen LogP contribution >= 0.6 is 11.6 Å². The molecule has 1 amide bonds. The summed E-state index contributed by atoms with van der Waals surface area (Å²) in [5.41, 5.74) is 1.44. The monoisotopic (exact) mass is 389 g/mol. The minimum Gasteiger partial charge on any atom is -0.497 e. The summed E-state index contributed by atoms with van der Waals surface area (Å²) in [7, 11) is 1.57. The molecule has 1 N–H and O–H groups in total. The van der Waals surface area contributed by atoms with Crippen molar-refractivity contribution in [3.63, 3.8) is 0 Å². The Bertz CT molecular complexity index is 837. The molecule has 0 aliphatic carbocycles. The average molecular weight is 390 g/mol. The molecule has 2 aromatic rings. The van der Waals surface area contributed by atoms with Crippen LogP contribution in [0.25, 0.3) is 0 Å². The van der Waals surface area contributed by atoms with E-state index in [1.165, 1.54) is 6.92 Å². The molecule has 142 valence electrons. The first kappa shape index (κ1) is 19.0. The zero-order valence-corrected chi connectivity index (χ0v) is 15.8. The van der Waals surface area contributed by atoms with Gasteiger partial charge in [0, 0.05) is 10.7 Å². The average Bonchev–Trinajstić information content (AvgIpc) is 2.67. The number of hydrogen-bond donors (Lipinski definition) is 1. The molecule has 27 heavy (non-hydrogen) atoms. The highest BCUT2D eigenvalue weighted by Crippen LogP contribution is 2.30. The number of hydrogen-bond acceptors (Lipinski definition) is 5. The Labute approximate surface area is 162 Å². The summed E-state index contributed by atoms with van der Waals surface area (Å²) < 4.78 is 16.0. The molecule has 7 heteroatoms. The van der Waals surface area contributed by atoms with E-state index in [9.17, 15) is 9.59 Å². The van der Waals surface area contributed by atoms with E-state index < -0.39 is 23.9 Å².